The van der Waals surface area contributed by atoms with Crippen LogP contribution in [-0.4, -0.2) is 4.98 Å². The third-order valence-corrected chi connectivity index (χ3v) is 3.03. The molecule has 88 valence electrons. The fourth-order valence-electron chi connectivity index (χ4n) is 1.98. The highest BCUT2D eigenvalue weighted by molar-refractivity contribution is 5.37. The van der Waals surface area contributed by atoms with E-state index in [-0.39, 0.29) is 6.04 Å². The van der Waals surface area contributed by atoms with Gasteiger partial charge in [-0.05, 0) is 49.6 Å². The van der Waals surface area contributed by atoms with Crippen molar-refractivity contribution < 1.29 is 0 Å². The van der Waals surface area contributed by atoms with Gasteiger partial charge < -0.3 is 5.73 Å². The molecule has 2 rings (SSSR count). The van der Waals surface area contributed by atoms with Crippen LogP contribution >= 0.6 is 0 Å². The summed E-state index contributed by atoms with van der Waals surface area (Å²) in [7, 11) is 0. The van der Waals surface area contributed by atoms with Gasteiger partial charge in [-0.1, -0.05) is 23.8 Å². The van der Waals surface area contributed by atoms with E-state index >= 15 is 0 Å². The summed E-state index contributed by atoms with van der Waals surface area (Å²) in [6, 6.07) is 10.3. The van der Waals surface area contributed by atoms with Gasteiger partial charge >= 0.3 is 0 Å². The second-order valence-corrected chi connectivity index (χ2v) is 4.60. The number of benzene rings is 1. The van der Waals surface area contributed by atoms with Gasteiger partial charge in [0.2, 0.25) is 0 Å². The zero-order valence-electron chi connectivity index (χ0n) is 10.6. The normalized spacial score (nSPS) is 12.5. The standard InChI is InChI=1S/C15H18N2/c1-10-4-5-12(3)13(8-10)15(16)14-9-11(2)6-7-17-14/h4-9,15H,16H2,1-3H3. The van der Waals surface area contributed by atoms with Gasteiger partial charge in [0.05, 0.1) is 11.7 Å². The zero-order chi connectivity index (χ0) is 12.4. The van der Waals surface area contributed by atoms with Gasteiger partial charge in [0.15, 0.2) is 0 Å². The van der Waals surface area contributed by atoms with E-state index in [0.29, 0.717) is 0 Å². The molecule has 0 aliphatic heterocycles. The first-order valence-electron chi connectivity index (χ1n) is 5.83. The van der Waals surface area contributed by atoms with Crippen LogP contribution in [0.3, 0.4) is 0 Å². The predicted molar refractivity (Wildman–Crippen MR) is 70.9 cm³/mol. The summed E-state index contributed by atoms with van der Waals surface area (Å²) in [6.07, 6.45) is 1.82. The molecule has 0 fully saturated rings. The number of hydrogen-bond donors (Lipinski definition) is 1. The SMILES string of the molecule is Cc1ccnc(C(N)c2cc(C)ccc2C)c1. The molecule has 1 aromatic carbocycles. The van der Waals surface area contributed by atoms with Crippen molar-refractivity contribution in [2.24, 2.45) is 5.73 Å². The van der Waals surface area contributed by atoms with Crippen molar-refractivity contribution in [2.75, 3.05) is 0 Å². The highest BCUT2D eigenvalue weighted by atomic mass is 14.8. The molecule has 2 nitrogen and oxygen atoms in total. The van der Waals surface area contributed by atoms with Gasteiger partial charge in [0.1, 0.15) is 0 Å². The fraction of sp³-hybridized carbons (Fsp3) is 0.267. The summed E-state index contributed by atoms with van der Waals surface area (Å²) in [5.74, 6) is 0. The molecule has 0 spiro atoms. The van der Waals surface area contributed by atoms with Crippen LogP contribution < -0.4 is 5.73 Å². The van der Waals surface area contributed by atoms with Gasteiger partial charge in [0.25, 0.3) is 0 Å². The molecule has 1 aromatic heterocycles. The summed E-state index contributed by atoms with van der Waals surface area (Å²) < 4.78 is 0. The van der Waals surface area contributed by atoms with E-state index in [2.05, 4.69) is 44.0 Å². The number of hydrogen-bond acceptors (Lipinski definition) is 2. The van der Waals surface area contributed by atoms with Crippen molar-refractivity contribution >= 4 is 0 Å². The van der Waals surface area contributed by atoms with Crippen LogP contribution in [0.5, 0.6) is 0 Å². The average molecular weight is 226 g/mol. The third kappa shape index (κ3) is 2.53. The summed E-state index contributed by atoms with van der Waals surface area (Å²) in [4.78, 5) is 4.36. The molecular formula is C15H18N2. The highest BCUT2D eigenvalue weighted by Crippen LogP contribution is 2.22. The first kappa shape index (κ1) is 11.8. The van der Waals surface area contributed by atoms with Crippen LogP contribution in [0.1, 0.15) is 34.0 Å². The molecule has 0 saturated carbocycles. The Morgan fingerprint density at radius 1 is 1.00 bits per heavy atom. The molecule has 1 atom stereocenters. The Bertz CT molecular complexity index is 532. The minimum absolute atomic E-state index is 0.144. The van der Waals surface area contributed by atoms with Crippen molar-refractivity contribution in [3.05, 3.63) is 64.5 Å². The minimum Gasteiger partial charge on any atom is -0.319 e. The molecule has 0 aliphatic carbocycles. The summed E-state index contributed by atoms with van der Waals surface area (Å²) >= 11 is 0. The maximum atomic E-state index is 6.29. The van der Waals surface area contributed by atoms with Crippen molar-refractivity contribution in [2.45, 2.75) is 26.8 Å². The predicted octanol–water partition coefficient (Wildman–Crippen LogP) is 3.05. The Balaban J connectivity index is 2.43. The molecule has 0 radical (unpaired) electrons. The van der Waals surface area contributed by atoms with E-state index in [4.69, 9.17) is 5.73 Å². The topological polar surface area (TPSA) is 38.9 Å². The maximum absolute atomic E-state index is 6.29. The van der Waals surface area contributed by atoms with E-state index in [9.17, 15) is 0 Å². The lowest BCUT2D eigenvalue weighted by atomic mass is 9.96. The van der Waals surface area contributed by atoms with Crippen LogP contribution in [0.4, 0.5) is 0 Å². The van der Waals surface area contributed by atoms with Crippen molar-refractivity contribution in [3.63, 3.8) is 0 Å². The van der Waals surface area contributed by atoms with Gasteiger partial charge in [-0.15, -0.1) is 0 Å². The molecular weight excluding hydrogens is 208 g/mol. The molecule has 0 aliphatic rings. The van der Waals surface area contributed by atoms with E-state index in [1.807, 2.05) is 18.3 Å². The van der Waals surface area contributed by atoms with Gasteiger partial charge in [-0.25, -0.2) is 0 Å². The lowest BCUT2D eigenvalue weighted by Gasteiger charge is -2.15. The number of nitrogens with two attached hydrogens (primary N) is 1. The molecule has 2 heteroatoms. The van der Waals surface area contributed by atoms with Crippen LogP contribution in [-0.2, 0) is 0 Å². The third-order valence-electron chi connectivity index (χ3n) is 3.03. The van der Waals surface area contributed by atoms with Gasteiger partial charge in [-0.3, -0.25) is 4.98 Å². The molecule has 0 amide bonds. The Labute approximate surface area is 103 Å². The van der Waals surface area contributed by atoms with E-state index in [1.165, 1.54) is 16.7 Å². The zero-order valence-corrected chi connectivity index (χ0v) is 10.6. The lowest BCUT2D eigenvalue weighted by molar-refractivity contribution is 0.817. The molecule has 17 heavy (non-hydrogen) atoms. The van der Waals surface area contributed by atoms with Crippen molar-refractivity contribution in [3.8, 4) is 0 Å². The molecule has 2 N–H and O–H groups in total. The molecule has 0 saturated heterocycles. The molecule has 1 unspecified atom stereocenters. The van der Waals surface area contributed by atoms with Crippen LogP contribution in [0.15, 0.2) is 36.5 Å². The smallest absolute Gasteiger partial charge is 0.0729 e. The number of nitrogens with zero attached hydrogens (tertiary/aromatic N) is 1. The monoisotopic (exact) mass is 226 g/mol. The average Bonchev–Trinajstić information content (AvgIpc) is 2.31. The van der Waals surface area contributed by atoms with Crippen LogP contribution in [0.25, 0.3) is 0 Å². The Morgan fingerprint density at radius 3 is 2.41 bits per heavy atom. The van der Waals surface area contributed by atoms with E-state index in [1.54, 1.807) is 0 Å². The Hall–Kier alpha value is -1.67. The van der Waals surface area contributed by atoms with E-state index < -0.39 is 0 Å². The van der Waals surface area contributed by atoms with Crippen LogP contribution in [0, 0.1) is 20.8 Å². The fourth-order valence-corrected chi connectivity index (χ4v) is 1.98. The number of rotatable bonds is 2. The first-order valence-corrected chi connectivity index (χ1v) is 5.83. The highest BCUT2D eigenvalue weighted by Gasteiger charge is 2.12. The summed E-state index contributed by atoms with van der Waals surface area (Å²) in [5.41, 5.74) is 12.0. The quantitative estimate of drug-likeness (QED) is 0.854. The summed E-state index contributed by atoms with van der Waals surface area (Å²) in [5, 5.41) is 0. The second kappa shape index (κ2) is 4.68. The number of aryl methyl sites for hydroxylation is 3. The largest absolute Gasteiger partial charge is 0.319 e. The Morgan fingerprint density at radius 2 is 1.71 bits per heavy atom. The second-order valence-electron chi connectivity index (χ2n) is 4.60. The molecule has 0 bridgehead atoms. The maximum Gasteiger partial charge on any atom is 0.0729 e. The Kier molecular flexibility index (Phi) is 3.25. The lowest BCUT2D eigenvalue weighted by Crippen LogP contribution is -2.15. The van der Waals surface area contributed by atoms with Crippen molar-refractivity contribution in [1.82, 2.24) is 4.98 Å². The minimum atomic E-state index is -0.144. The first-order chi connectivity index (χ1) is 8.08. The molecule has 2 aromatic rings. The molecule has 1 heterocycles. The van der Waals surface area contributed by atoms with Crippen LogP contribution in [0.2, 0.25) is 0 Å². The summed E-state index contributed by atoms with van der Waals surface area (Å²) in [6.45, 7) is 6.23. The van der Waals surface area contributed by atoms with Gasteiger partial charge in [-0.2, -0.15) is 0 Å². The van der Waals surface area contributed by atoms with Crippen molar-refractivity contribution in [1.29, 1.82) is 0 Å². The number of aromatic nitrogens is 1. The number of pyridine rings is 1. The van der Waals surface area contributed by atoms with E-state index in [0.717, 1.165) is 11.3 Å². The van der Waals surface area contributed by atoms with Gasteiger partial charge in [0, 0.05) is 6.20 Å².